The van der Waals surface area contributed by atoms with Gasteiger partial charge >= 0.3 is 5.97 Å². The van der Waals surface area contributed by atoms with Crippen molar-refractivity contribution in [3.05, 3.63) is 63.3 Å². The average Bonchev–Trinajstić information content (AvgIpc) is 3.33. The molecule has 0 saturated heterocycles. The molecule has 4 aromatic rings. The Morgan fingerprint density at radius 1 is 1.33 bits per heavy atom. The van der Waals surface area contributed by atoms with E-state index in [0.29, 0.717) is 31.6 Å². The number of H-pyrrole nitrogens is 1. The topological polar surface area (TPSA) is 103 Å². The predicted molar refractivity (Wildman–Crippen MR) is 117 cm³/mol. The largest absolute Gasteiger partial charge is 0.462 e. The van der Waals surface area contributed by atoms with Gasteiger partial charge in [0.2, 0.25) is 0 Å². The molecule has 1 atom stereocenters. The van der Waals surface area contributed by atoms with Gasteiger partial charge in [-0.3, -0.25) is 9.36 Å². The summed E-state index contributed by atoms with van der Waals surface area (Å²) in [4.78, 5) is 33.3. The molecule has 0 radical (unpaired) electrons. The summed E-state index contributed by atoms with van der Waals surface area (Å²) in [5.74, 6) is 0.0779. The van der Waals surface area contributed by atoms with Crippen molar-refractivity contribution in [2.24, 2.45) is 0 Å². The van der Waals surface area contributed by atoms with E-state index in [9.17, 15) is 9.59 Å². The van der Waals surface area contributed by atoms with Gasteiger partial charge in [0.25, 0.3) is 5.56 Å². The highest BCUT2D eigenvalue weighted by Crippen LogP contribution is 2.34. The molecular weight excluding hydrogens is 422 g/mol. The molecule has 0 spiro atoms. The highest BCUT2D eigenvalue weighted by molar-refractivity contribution is 7.99. The van der Waals surface area contributed by atoms with Crippen molar-refractivity contribution in [1.82, 2.24) is 24.7 Å². The van der Waals surface area contributed by atoms with Gasteiger partial charge in [-0.1, -0.05) is 30.0 Å². The Morgan fingerprint density at radius 3 is 2.83 bits per heavy atom. The lowest BCUT2D eigenvalue weighted by molar-refractivity contribution is 0.0531. The number of thiophene rings is 1. The fourth-order valence-corrected chi connectivity index (χ4v) is 5.01. The van der Waals surface area contributed by atoms with E-state index in [-0.39, 0.29) is 17.4 Å². The number of nitrogens with zero attached hydrogens (tertiary/aromatic N) is 4. The zero-order valence-corrected chi connectivity index (χ0v) is 18.2. The summed E-state index contributed by atoms with van der Waals surface area (Å²) in [6, 6.07) is 9.77. The Balaban J connectivity index is 1.67. The van der Waals surface area contributed by atoms with E-state index in [4.69, 9.17) is 4.74 Å². The van der Waals surface area contributed by atoms with E-state index in [2.05, 4.69) is 20.2 Å². The van der Waals surface area contributed by atoms with E-state index in [1.165, 1.54) is 23.1 Å². The van der Waals surface area contributed by atoms with Crippen LogP contribution in [-0.4, -0.2) is 37.3 Å². The smallest absolute Gasteiger partial charge is 0.348 e. The third-order valence-electron chi connectivity index (χ3n) is 4.50. The number of para-hydroxylation sites is 1. The van der Waals surface area contributed by atoms with E-state index in [0.717, 1.165) is 5.69 Å². The number of aromatic nitrogens is 5. The number of benzene rings is 1. The number of fused-ring (bicyclic) bond motifs is 1. The maximum Gasteiger partial charge on any atom is 0.348 e. The van der Waals surface area contributed by atoms with E-state index >= 15 is 0 Å². The van der Waals surface area contributed by atoms with E-state index in [1.807, 2.05) is 41.8 Å². The van der Waals surface area contributed by atoms with Crippen molar-refractivity contribution in [1.29, 1.82) is 0 Å². The first-order chi connectivity index (χ1) is 14.5. The van der Waals surface area contributed by atoms with Crippen LogP contribution in [0.1, 0.15) is 40.2 Å². The fourth-order valence-electron chi connectivity index (χ4n) is 3.03. The van der Waals surface area contributed by atoms with Crippen LogP contribution in [0.25, 0.3) is 15.9 Å². The predicted octanol–water partition coefficient (Wildman–Crippen LogP) is 3.90. The van der Waals surface area contributed by atoms with Crippen molar-refractivity contribution in [3.63, 3.8) is 0 Å². The first-order valence-electron chi connectivity index (χ1n) is 9.32. The summed E-state index contributed by atoms with van der Waals surface area (Å²) >= 11 is 2.61. The molecule has 3 aromatic heterocycles. The van der Waals surface area contributed by atoms with Gasteiger partial charge in [0.05, 0.1) is 17.2 Å². The molecular formula is C20H19N5O3S2. The molecule has 154 valence electrons. The molecule has 1 aromatic carbocycles. The van der Waals surface area contributed by atoms with Gasteiger partial charge in [0, 0.05) is 5.69 Å². The molecule has 0 unspecified atom stereocenters. The lowest BCUT2D eigenvalue weighted by atomic mass is 10.2. The number of aryl methyl sites for hydroxylation is 1. The SMILES string of the molecule is CCOC(=O)c1sc2nc([C@H](C)Sc3nncn3-c3ccccc3)[nH]c(=O)c2c1C. The van der Waals surface area contributed by atoms with Gasteiger partial charge in [-0.15, -0.1) is 21.5 Å². The van der Waals surface area contributed by atoms with Crippen molar-refractivity contribution < 1.29 is 9.53 Å². The van der Waals surface area contributed by atoms with Crippen molar-refractivity contribution in [3.8, 4) is 5.69 Å². The number of nitrogens with one attached hydrogen (secondary N) is 1. The zero-order chi connectivity index (χ0) is 21.3. The van der Waals surface area contributed by atoms with Gasteiger partial charge in [0.15, 0.2) is 5.16 Å². The molecule has 1 N–H and O–H groups in total. The van der Waals surface area contributed by atoms with Gasteiger partial charge in [0.1, 0.15) is 21.9 Å². The maximum absolute atomic E-state index is 12.7. The molecule has 0 aliphatic rings. The Labute approximate surface area is 180 Å². The van der Waals surface area contributed by atoms with Crippen LogP contribution < -0.4 is 5.56 Å². The highest BCUT2D eigenvalue weighted by atomic mass is 32.2. The zero-order valence-electron chi connectivity index (χ0n) is 16.6. The average molecular weight is 442 g/mol. The summed E-state index contributed by atoms with van der Waals surface area (Å²) in [6.07, 6.45) is 1.65. The summed E-state index contributed by atoms with van der Waals surface area (Å²) in [5.41, 5.74) is 1.27. The second-order valence-corrected chi connectivity index (χ2v) is 8.79. The third-order valence-corrected chi connectivity index (χ3v) is 6.73. The molecule has 0 aliphatic heterocycles. The minimum atomic E-state index is -0.433. The van der Waals surface area contributed by atoms with Gasteiger partial charge in [-0.05, 0) is 38.5 Å². The number of rotatable bonds is 6. The summed E-state index contributed by atoms with van der Waals surface area (Å²) in [7, 11) is 0. The third kappa shape index (κ3) is 3.75. The molecule has 10 heteroatoms. The molecule has 0 fully saturated rings. The first kappa shape index (κ1) is 20.3. The van der Waals surface area contributed by atoms with Crippen LogP contribution >= 0.6 is 23.1 Å². The molecule has 30 heavy (non-hydrogen) atoms. The maximum atomic E-state index is 12.7. The van der Waals surface area contributed by atoms with Crippen LogP contribution in [0.5, 0.6) is 0 Å². The molecule has 0 bridgehead atoms. The monoisotopic (exact) mass is 441 g/mol. The second kappa shape index (κ2) is 8.41. The minimum Gasteiger partial charge on any atom is -0.462 e. The van der Waals surface area contributed by atoms with Crippen molar-refractivity contribution >= 4 is 39.3 Å². The Bertz CT molecular complexity index is 1260. The number of esters is 1. The van der Waals surface area contributed by atoms with Crippen LogP contribution in [0.4, 0.5) is 0 Å². The van der Waals surface area contributed by atoms with Crippen LogP contribution in [0, 0.1) is 6.92 Å². The Morgan fingerprint density at radius 2 is 2.10 bits per heavy atom. The van der Waals surface area contributed by atoms with Crippen LogP contribution in [-0.2, 0) is 4.74 Å². The molecule has 8 nitrogen and oxygen atoms in total. The number of thioether (sulfide) groups is 1. The standard InChI is InChI=1S/C20H19N5O3S2/c1-4-28-19(27)15-11(2)14-17(26)22-16(23-18(14)30-15)12(3)29-20-24-21-10-25(20)13-8-6-5-7-9-13/h5-10,12H,4H2,1-3H3,(H,22,23,26)/t12-/m0/s1. The summed E-state index contributed by atoms with van der Waals surface area (Å²) < 4.78 is 6.97. The van der Waals surface area contributed by atoms with Crippen LogP contribution in [0.15, 0.2) is 46.6 Å². The normalized spacial score (nSPS) is 12.2. The van der Waals surface area contributed by atoms with E-state index in [1.54, 1.807) is 20.2 Å². The Hall–Kier alpha value is -2.98. The molecule has 4 rings (SSSR count). The van der Waals surface area contributed by atoms with Gasteiger partial charge in [-0.25, -0.2) is 9.78 Å². The number of carbonyl (C=O) groups is 1. The highest BCUT2D eigenvalue weighted by Gasteiger charge is 2.22. The van der Waals surface area contributed by atoms with Crippen molar-refractivity contribution in [2.75, 3.05) is 6.61 Å². The lowest BCUT2D eigenvalue weighted by Gasteiger charge is -2.11. The number of hydrogen-bond acceptors (Lipinski definition) is 8. The van der Waals surface area contributed by atoms with Gasteiger partial charge in [-0.2, -0.15) is 0 Å². The number of hydrogen-bond donors (Lipinski definition) is 1. The number of ether oxygens (including phenoxy) is 1. The number of carbonyl (C=O) groups excluding carboxylic acids is 1. The quantitative estimate of drug-likeness (QED) is 0.357. The Kier molecular flexibility index (Phi) is 5.69. The first-order valence-corrected chi connectivity index (χ1v) is 11.0. The van der Waals surface area contributed by atoms with Crippen LogP contribution in [0.2, 0.25) is 0 Å². The molecule has 0 aliphatic carbocycles. The molecule has 0 amide bonds. The summed E-state index contributed by atoms with van der Waals surface area (Å²) in [5, 5.41) is 9.14. The van der Waals surface area contributed by atoms with Crippen LogP contribution in [0.3, 0.4) is 0 Å². The minimum absolute atomic E-state index is 0.192. The van der Waals surface area contributed by atoms with Crippen molar-refractivity contribution in [2.45, 2.75) is 31.2 Å². The fraction of sp³-hybridized carbons (Fsp3) is 0.250. The number of aromatic amines is 1. The summed E-state index contributed by atoms with van der Waals surface area (Å²) in [6.45, 7) is 5.70. The molecule has 3 heterocycles. The van der Waals surface area contributed by atoms with E-state index < -0.39 is 5.97 Å². The van der Waals surface area contributed by atoms with Gasteiger partial charge < -0.3 is 9.72 Å². The second-order valence-electron chi connectivity index (χ2n) is 6.49. The lowest BCUT2D eigenvalue weighted by Crippen LogP contribution is -2.13. The molecule has 0 saturated carbocycles.